The van der Waals surface area contributed by atoms with E-state index in [-0.39, 0.29) is 12.1 Å². The van der Waals surface area contributed by atoms with Crippen LogP contribution in [0.1, 0.15) is 53.0 Å². The molecule has 1 atom stereocenters. The van der Waals surface area contributed by atoms with Crippen LogP contribution < -0.4 is 10.0 Å². The Labute approximate surface area is 192 Å². The van der Waals surface area contributed by atoms with Crippen molar-refractivity contribution in [3.63, 3.8) is 0 Å². The molecule has 0 radical (unpaired) electrons. The first kappa shape index (κ1) is 22.1. The fourth-order valence-corrected chi connectivity index (χ4v) is 4.49. The van der Waals surface area contributed by atoms with Gasteiger partial charge in [0.2, 0.25) is 5.69 Å². The van der Waals surface area contributed by atoms with Crippen molar-refractivity contribution in [1.82, 2.24) is 19.7 Å². The van der Waals surface area contributed by atoms with Crippen LogP contribution in [0.25, 0.3) is 0 Å². The van der Waals surface area contributed by atoms with Crippen molar-refractivity contribution >= 4 is 23.3 Å². The molecular formula is C23H28ClN6O2+. The number of nitrogens with one attached hydrogen (secondary N) is 1. The van der Waals surface area contributed by atoms with E-state index in [1.54, 1.807) is 6.92 Å². The summed E-state index contributed by atoms with van der Waals surface area (Å²) in [6.45, 7) is 8.68. The summed E-state index contributed by atoms with van der Waals surface area (Å²) >= 11 is 6.02. The molecule has 2 amide bonds. The molecule has 3 aromatic rings. The Morgan fingerprint density at radius 3 is 2.66 bits per heavy atom. The Bertz CT molecular complexity index is 1160. The lowest BCUT2D eigenvalue weighted by Crippen LogP contribution is -2.40. The summed E-state index contributed by atoms with van der Waals surface area (Å²) in [5.41, 5.74) is 3.91. The summed E-state index contributed by atoms with van der Waals surface area (Å²) in [7, 11) is 0. The second kappa shape index (κ2) is 8.78. The van der Waals surface area contributed by atoms with Gasteiger partial charge < -0.3 is 14.8 Å². The van der Waals surface area contributed by atoms with Gasteiger partial charge in [-0.05, 0) is 49.9 Å². The number of pyridine rings is 1. The molecule has 3 heterocycles. The first-order valence-electron chi connectivity index (χ1n) is 10.7. The second-order valence-electron chi connectivity index (χ2n) is 8.34. The van der Waals surface area contributed by atoms with Gasteiger partial charge in [0, 0.05) is 36.2 Å². The highest BCUT2D eigenvalue weighted by atomic mass is 35.5. The number of rotatable bonds is 4. The van der Waals surface area contributed by atoms with E-state index in [1.807, 2.05) is 56.0 Å². The molecule has 0 bridgehead atoms. The van der Waals surface area contributed by atoms with Gasteiger partial charge in [0.05, 0.1) is 12.6 Å². The summed E-state index contributed by atoms with van der Waals surface area (Å²) in [5.74, 6) is 1.58. The minimum absolute atomic E-state index is 0.171. The molecule has 8 nitrogen and oxygen atoms in total. The van der Waals surface area contributed by atoms with Crippen LogP contribution in [0.3, 0.4) is 0 Å². The van der Waals surface area contributed by atoms with Gasteiger partial charge in [-0.1, -0.05) is 23.7 Å². The smallest absolute Gasteiger partial charge is 0.314 e. The number of hydrogen-bond donors (Lipinski definition) is 2. The zero-order valence-corrected chi connectivity index (χ0v) is 19.5. The molecule has 2 aromatic heterocycles. The monoisotopic (exact) mass is 455 g/mol. The summed E-state index contributed by atoms with van der Waals surface area (Å²) in [6, 6.07) is 9.17. The van der Waals surface area contributed by atoms with Gasteiger partial charge in [0.1, 0.15) is 11.5 Å². The van der Waals surface area contributed by atoms with Crippen molar-refractivity contribution in [1.29, 1.82) is 0 Å². The molecule has 1 aliphatic heterocycles. The van der Waals surface area contributed by atoms with Crippen molar-refractivity contribution in [2.24, 2.45) is 0 Å². The molecule has 32 heavy (non-hydrogen) atoms. The van der Waals surface area contributed by atoms with Gasteiger partial charge in [-0.25, -0.2) is 4.79 Å². The third-order valence-corrected chi connectivity index (χ3v) is 6.35. The number of hydrogen-bond acceptors (Lipinski definition) is 4. The molecule has 1 aliphatic rings. The van der Waals surface area contributed by atoms with E-state index in [9.17, 15) is 10.0 Å². The van der Waals surface area contributed by atoms with Gasteiger partial charge in [0.15, 0.2) is 5.82 Å². The van der Waals surface area contributed by atoms with Crippen molar-refractivity contribution in [3.8, 4) is 0 Å². The molecule has 0 aliphatic carbocycles. The topological polar surface area (TPSA) is 87.2 Å². The number of carbonyl (C=O) groups excluding carboxylic acids is 1. The number of halogens is 1. The van der Waals surface area contributed by atoms with E-state index in [0.29, 0.717) is 35.2 Å². The molecule has 2 N–H and O–H groups in total. The number of likely N-dealkylation sites (tertiary alicyclic amines) is 1. The van der Waals surface area contributed by atoms with Crippen LogP contribution in [0, 0.1) is 27.7 Å². The molecule has 0 saturated carbocycles. The normalized spacial score (nSPS) is 15.9. The average Bonchev–Trinajstić information content (AvgIpc) is 3.38. The second-order valence-corrected chi connectivity index (χ2v) is 8.78. The quantitative estimate of drug-likeness (QED) is 0.458. The number of carbonyl (C=O) groups is 1. The van der Waals surface area contributed by atoms with Crippen LogP contribution in [-0.2, 0) is 6.54 Å². The molecule has 1 saturated heterocycles. The lowest BCUT2D eigenvalue weighted by Gasteiger charge is -2.25. The highest BCUT2D eigenvalue weighted by Gasteiger charge is 2.35. The Balaban J connectivity index is 1.59. The van der Waals surface area contributed by atoms with Crippen molar-refractivity contribution < 1.29 is 14.7 Å². The Morgan fingerprint density at radius 2 is 1.94 bits per heavy atom. The van der Waals surface area contributed by atoms with Gasteiger partial charge >= 0.3 is 6.03 Å². The molecular weight excluding hydrogens is 428 g/mol. The minimum Gasteiger partial charge on any atom is -0.314 e. The summed E-state index contributed by atoms with van der Waals surface area (Å²) in [4.78, 5) is 15.1. The van der Waals surface area contributed by atoms with Gasteiger partial charge in [0.25, 0.3) is 5.69 Å². The van der Waals surface area contributed by atoms with Gasteiger partial charge in [-0.3, -0.25) is 5.21 Å². The highest BCUT2D eigenvalue weighted by Crippen LogP contribution is 2.32. The van der Waals surface area contributed by atoms with Crippen molar-refractivity contribution in [3.05, 3.63) is 69.5 Å². The maximum Gasteiger partial charge on any atom is 0.322 e. The van der Waals surface area contributed by atoms with E-state index in [2.05, 4.69) is 20.1 Å². The molecule has 9 heteroatoms. The molecule has 4 rings (SSSR count). The van der Waals surface area contributed by atoms with E-state index in [0.717, 1.165) is 40.3 Å². The van der Waals surface area contributed by atoms with Crippen LogP contribution in [0.4, 0.5) is 10.5 Å². The molecule has 168 valence electrons. The van der Waals surface area contributed by atoms with E-state index in [4.69, 9.17) is 11.6 Å². The lowest BCUT2D eigenvalue weighted by molar-refractivity contribution is -0.912. The Morgan fingerprint density at radius 1 is 1.22 bits per heavy atom. The molecule has 0 spiro atoms. The SMILES string of the molecule is Cc1cc(C)[n+](O)c(C)c1NC(=O)N1CCC[C@@H]1c1nnc(C)n1Cc1ccc(Cl)cc1. The van der Waals surface area contributed by atoms with Crippen LogP contribution in [0.5, 0.6) is 0 Å². The zero-order chi connectivity index (χ0) is 23.0. The molecule has 1 aromatic carbocycles. The molecule has 0 unspecified atom stereocenters. The van der Waals surface area contributed by atoms with Gasteiger partial charge in [-0.15, -0.1) is 10.2 Å². The van der Waals surface area contributed by atoms with E-state index < -0.39 is 0 Å². The number of benzene rings is 1. The Kier molecular flexibility index (Phi) is 6.06. The van der Waals surface area contributed by atoms with Crippen LogP contribution in [0.15, 0.2) is 30.3 Å². The van der Waals surface area contributed by atoms with Crippen LogP contribution in [-0.4, -0.2) is 37.4 Å². The first-order valence-corrected chi connectivity index (χ1v) is 11.1. The predicted molar refractivity (Wildman–Crippen MR) is 121 cm³/mol. The largest absolute Gasteiger partial charge is 0.322 e. The minimum atomic E-state index is -0.207. The molecule has 1 fully saturated rings. The number of urea groups is 1. The standard InChI is InChI=1S/C23H27ClN6O2/c1-14-12-15(2)30(32)16(3)21(14)25-23(31)28-11-5-6-20(28)22-27-26-17(4)29(22)13-18-7-9-19(24)10-8-18/h7-10,12,20H,5-6,11,13H2,1-4H3,(H-,25,31,32)/p+1/t20-/m1/s1. The fourth-order valence-electron chi connectivity index (χ4n) is 4.36. The maximum atomic E-state index is 13.3. The van der Waals surface area contributed by atoms with Crippen molar-refractivity contribution in [2.45, 2.75) is 53.1 Å². The zero-order valence-electron chi connectivity index (χ0n) is 18.8. The predicted octanol–water partition coefficient (Wildman–Crippen LogP) is 4.11. The fraction of sp³-hybridized carbons (Fsp3) is 0.391. The highest BCUT2D eigenvalue weighted by molar-refractivity contribution is 6.30. The average molecular weight is 456 g/mol. The van der Waals surface area contributed by atoms with Crippen LogP contribution in [0.2, 0.25) is 5.02 Å². The first-order chi connectivity index (χ1) is 15.3. The number of aryl methyl sites for hydroxylation is 3. The maximum absolute atomic E-state index is 13.3. The number of anilines is 1. The number of aromatic nitrogens is 4. The third kappa shape index (κ3) is 4.14. The van der Waals surface area contributed by atoms with E-state index >= 15 is 0 Å². The number of amides is 2. The lowest BCUT2D eigenvalue weighted by atomic mass is 10.1. The van der Waals surface area contributed by atoms with E-state index in [1.165, 1.54) is 0 Å². The summed E-state index contributed by atoms with van der Waals surface area (Å²) < 4.78 is 3.15. The third-order valence-electron chi connectivity index (χ3n) is 6.10. The Hall–Kier alpha value is -3.13. The number of nitrogens with zero attached hydrogens (tertiary/aromatic N) is 5. The summed E-state index contributed by atoms with van der Waals surface area (Å²) in [6.07, 6.45) is 1.70. The van der Waals surface area contributed by atoms with Crippen molar-refractivity contribution in [2.75, 3.05) is 11.9 Å². The van der Waals surface area contributed by atoms with Gasteiger partial charge in [-0.2, -0.15) is 0 Å². The summed E-state index contributed by atoms with van der Waals surface area (Å²) in [5, 5.41) is 22.7. The van der Waals surface area contributed by atoms with Crippen LogP contribution >= 0.6 is 11.6 Å².